The van der Waals surface area contributed by atoms with E-state index in [0.29, 0.717) is 11.4 Å². The SMILES string of the molecule is NNc1ccc(C(=O)NCCOCC(N)=O)cn1. The van der Waals surface area contributed by atoms with Gasteiger partial charge >= 0.3 is 0 Å². The molecule has 0 aromatic carbocycles. The van der Waals surface area contributed by atoms with Crippen molar-refractivity contribution < 1.29 is 14.3 Å². The molecule has 0 bridgehead atoms. The lowest BCUT2D eigenvalue weighted by Crippen LogP contribution is -2.29. The zero-order valence-corrected chi connectivity index (χ0v) is 9.68. The van der Waals surface area contributed by atoms with Crippen LogP contribution in [0.2, 0.25) is 0 Å². The van der Waals surface area contributed by atoms with Crippen molar-refractivity contribution in [1.82, 2.24) is 10.3 Å². The average Bonchev–Trinajstić information content (AvgIpc) is 2.38. The first kappa shape index (κ1) is 13.9. The fourth-order valence-corrected chi connectivity index (χ4v) is 1.13. The van der Waals surface area contributed by atoms with E-state index in [9.17, 15) is 9.59 Å². The monoisotopic (exact) mass is 253 g/mol. The number of pyridine rings is 1. The van der Waals surface area contributed by atoms with Crippen LogP contribution < -0.4 is 22.3 Å². The number of aromatic nitrogens is 1. The van der Waals surface area contributed by atoms with E-state index in [1.165, 1.54) is 6.20 Å². The average molecular weight is 253 g/mol. The van der Waals surface area contributed by atoms with Crippen LogP contribution in [0.1, 0.15) is 10.4 Å². The van der Waals surface area contributed by atoms with Crippen molar-refractivity contribution in [2.45, 2.75) is 0 Å². The van der Waals surface area contributed by atoms with Gasteiger partial charge in [-0.1, -0.05) is 0 Å². The van der Waals surface area contributed by atoms with Crippen LogP contribution in [-0.2, 0) is 9.53 Å². The number of nitrogen functional groups attached to an aromatic ring is 1. The van der Waals surface area contributed by atoms with Crippen LogP contribution in [0.25, 0.3) is 0 Å². The van der Waals surface area contributed by atoms with Gasteiger partial charge in [-0.2, -0.15) is 0 Å². The molecule has 0 unspecified atom stereocenters. The van der Waals surface area contributed by atoms with Crippen LogP contribution in [0.15, 0.2) is 18.3 Å². The molecule has 0 saturated carbocycles. The number of carbonyl (C=O) groups excluding carboxylic acids is 2. The molecule has 1 aromatic rings. The van der Waals surface area contributed by atoms with Gasteiger partial charge in [0.05, 0.1) is 12.2 Å². The van der Waals surface area contributed by atoms with Crippen LogP contribution in [0, 0.1) is 0 Å². The zero-order chi connectivity index (χ0) is 13.4. The number of rotatable bonds is 7. The molecule has 8 nitrogen and oxygen atoms in total. The number of hydrazine groups is 1. The Hall–Kier alpha value is -2.19. The second kappa shape index (κ2) is 7.20. The molecule has 0 spiro atoms. The van der Waals surface area contributed by atoms with Gasteiger partial charge in [-0.05, 0) is 12.1 Å². The van der Waals surface area contributed by atoms with Crippen LogP contribution >= 0.6 is 0 Å². The molecule has 1 rings (SSSR count). The highest BCUT2D eigenvalue weighted by Crippen LogP contribution is 2.02. The molecule has 1 aromatic heterocycles. The number of carbonyl (C=O) groups is 2. The van der Waals surface area contributed by atoms with E-state index in [0.717, 1.165) is 0 Å². The van der Waals surface area contributed by atoms with Crippen molar-refractivity contribution in [2.24, 2.45) is 11.6 Å². The second-order valence-corrected chi connectivity index (χ2v) is 3.35. The van der Waals surface area contributed by atoms with Crippen molar-refractivity contribution in [3.63, 3.8) is 0 Å². The standard InChI is InChI=1S/C10H15N5O3/c11-8(16)6-18-4-3-13-10(17)7-1-2-9(15-12)14-5-7/h1-2,5H,3-4,6,12H2,(H2,11,16)(H,13,17)(H,14,15). The molecule has 18 heavy (non-hydrogen) atoms. The van der Waals surface area contributed by atoms with E-state index in [2.05, 4.69) is 15.7 Å². The summed E-state index contributed by atoms with van der Waals surface area (Å²) in [5, 5.41) is 2.60. The minimum absolute atomic E-state index is 0.158. The molecule has 0 radical (unpaired) electrons. The lowest BCUT2D eigenvalue weighted by molar-refractivity contribution is -0.122. The second-order valence-electron chi connectivity index (χ2n) is 3.35. The first-order valence-corrected chi connectivity index (χ1v) is 5.20. The summed E-state index contributed by atoms with van der Waals surface area (Å²) >= 11 is 0. The third kappa shape index (κ3) is 4.76. The molecular formula is C10H15N5O3. The molecule has 0 atom stereocenters. The van der Waals surface area contributed by atoms with E-state index in [1.807, 2.05) is 0 Å². The van der Waals surface area contributed by atoms with Crippen molar-refractivity contribution >= 4 is 17.6 Å². The molecule has 0 aliphatic rings. The van der Waals surface area contributed by atoms with Gasteiger partial charge in [0, 0.05) is 12.7 Å². The maximum absolute atomic E-state index is 11.6. The lowest BCUT2D eigenvalue weighted by atomic mass is 10.2. The summed E-state index contributed by atoms with van der Waals surface area (Å²) in [6, 6.07) is 3.17. The normalized spacial score (nSPS) is 9.83. The van der Waals surface area contributed by atoms with Gasteiger partial charge in [0.25, 0.3) is 5.91 Å². The summed E-state index contributed by atoms with van der Waals surface area (Å²) in [4.78, 5) is 25.9. The van der Waals surface area contributed by atoms with Gasteiger partial charge in [0.2, 0.25) is 5.91 Å². The smallest absolute Gasteiger partial charge is 0.252 e. The largest absolute Gasteiger partial charge is 0.370 e. The molecule has 0 saturated heterocycles. The number of hydrogen-bond donors (Lipinski definition) is 4. The maximum atomic E-state index is 11.6. The molecule has 0 fully saturated rings. The van der Waals surface area contributed by atoms with Gasteiger partial charge in [-0.15, -0.1) is 0 Å². The Bertz CT molecular complexity index is 406. The van der Waals surface area contributed by atoms with E-state index >= 15 is 0 Å². The fourth-order valence-electron chi connectivity index (χ4n) is 1.13. The fraction of sp³-hybridized carbons (Fsp3) is 0.300. The summed E-state index contributed by atoms with van der Waals surface area (Å²) in [6.07, 6.45) is 1.40. The maximum Gasteiger partial charge on any atom is 0.252 e. The van der Waals surface area contributed by atoms with Crippen molar-refractivity contribution in [3.8, 4) is 0 Å². The number of nitrogens with two attached hydrogens (primary N) is 2. The number of amides is 2. The Labute approximate surface area is 104 Å². The number of primary amides is 1. The van der Waals surface area contributed by atoms with Crippen LogP contribution in [0.5, 0.6) is 0 Å². The zero-order valence-electron chi connectivity index (χ0n) is 9.68. The Morgan fingerprint density at radius 3 is 2.72 bits per heavy atom. The van der Waals surface area contributed by atoms with Crippen molar-refractivity contribution in [3.05, 3.63) is 23.9 Å². The summed E-state index contributed by atoms with van der Waals surface area (Å²) in [6.45, 7) is 0.335. The van der Waals surface area contributed by atoms with Crippen LogP contribution in [-0.4, -0.2) is 36.6 Å². The molecule has 0 aliphatic carbocycles. The van der Waals surface area contributed by atoms with Crippen molar-refractivity contribution in [1.29, 1.82) is 0 Å². The van der Waals surface area contributed by atoms with Crippen molar-refractivity contribution in [2.75, 3.05) is 25.2 Å². The highest BCUT2D eigenvalue weighted by atomic mass is 16.5. The predicted octanol–water partition coefficient (Wildman–Crippen LogP) is -1.40. The Balaban J connectivity index is 2.29. The highest BCUT2D eigenvalue weighted by molar-refractivity contribution is 5.94. The summed E-state index contributed by atoms with van der Waals surface area (Å²) in [5.41, 5.74) is 7.64. The van der Waals surface area contributed by atoms with E-state index < -0.39 is 5.91 Å². The summed E-state index contributed by atoms with van der Waals surface area (Å²) in [7, 11) is 0. The van der Waals surface area contributed by atoms with Crippen LogP contribution in [0.4, 0.5) is 5.82 Å². The minimum Gasteiger partial charge on any atom is -0.370 e. The number of anilines is 1. The first-order chi connectivity index (χ1) is 8.63. The molecule has 6 N–H and O–H groups in total. The predicted molar refractivity (Wildman–Crippen MR) is 64.4 cm³/mol. The van der Waals surface area contributed by atoms with Crippen LogP contribution in [0.3, 0.4) is 0 Å². The number of ether oxygens (including phenoxy) is 1. The van der Waals surface area contributed by atoms with E-state index in [4.69, 9.17) is 16.3 Å². The number of hydrogen-bond acceptors (Lipinski definition) is 6. The highest BCUT2D eigenvalue weighted by Gasteiger charge is 2.05. The van der Waals surface area contributed by atoms with Gasteiger partial charge < -0.3 is 21.2 Å². The topological polar surface area (TPSA) is 132 Å². The molecule has 8 heteroatoms. The van der Waals surface area contributed by atoms with Gasteiger partial charge in [-0.3, -0.25) is 9.59 Å². The van der Waals surface area contributed by atoms with Gasteiger partial charge in [0.1, 0.15) is 12.4 Å². The van der Waals surface area contributed by atoms with Gasteiger partial charge in [0.15, 0.2) is 0 Å². The molecule has 98 valence electrons. The first-order valence-electron chi connectivity index (χ1n) is 5.20. The molecule has 2 amide bonds. The van der Waals surface area contributed by atoms with E-state index in [-0.39, 0.29) is 25.7 Å². The third-order valence-corrected chi connectivity index (χ3v) is 1.95. The summed E-state index contributed by atoms with van der Waals surface area (Å²) in [5.74, 6) is 4.79. The lowest BCUT2D eigenvalue weighted by Gasteiger charge is -2.05. The quantitative estimate of drug-likeness (QED) is 0.268. The Morgan fingerprint density at radius 2 is 2.17 bits per heavy atom. The number of nitrogens with zero attached hydrogens (tertiary/aromatic N) is 1. The minimum atomic E-state index is -0.546. The Morgan fingerprint density at radius 1 is 1.39 bits per heavy atom. The molecule has 1 heterocycles. The third-order valence-electron chi connectivity index (χ3n) is 1.95. The summed E-state index contributed by atoms with van der Waals surface area (Å²) < 4.78 is 4.89. The molecule has 0 aliphatic heterocycles. The van der Waals surface area contributed by atoms with E-state index in [1.54, 1.807) is 12.1 Å². The number of nitrogens with one attached hydrogen (secondary N) is 2. The molecular weight excluding hydrogens is 238 g/mol. The van der Waals surface area contributed by atoms with Gasteiger partial charge in [-0.25, -0.2) is 10.8 Å². The Kier molecular flexibility index (Phi) is 5.55.